The molecule has 0 saturated carbocycles. The predicted molar refractivity (Wildman–Crippen MR) is 191 cm³/mol. The predicted octanol–water partition coefficient (Wildman–Crippen LogP) is 4.60. The number of rotatable bonds is 11. The average molecular weight is 686 g/mol. The number of para-hydroxylation sites is 2. The van der Waals surface area contributed by atoms with E-state index < -0.39 is 16.1 Å². The fourth-order valence-electron chi connectivity index (χ4n) is 5.77. The zero-order valence-corrected chi connectivity index (χ0v) is 28.7. The van der Waals surface area contributed by atoms with Crippen molar-refractivity contribution >= 4 is 38.9 Å². The Labute approximate surface area is 287 Å². The van der Waals surface area contributed by atoms with Gasteiger partial charge in [-0.15, -0.1) is 0 Å². The Balaban J connectivity index is 1.32. The molecule has 1 heterocycles. The number of ether oxygens (including phenoxy) is 1. The molecule has 11 nitrogen and oxygen atoms in total. The number of fused-ring (bicyclic) bond motifs is 1. The maximum Gasteiger partial charge on any atom is 0.261 e. The van der Waals surface area contributed by atoms with Crippen molar-refractivity contribution in [3.8, 4) is 5.75 Å². The molecule has 4 aromatic carbocycles. The van der Waals surface area contributed by atoms with Gasteiger partial charge >= 0.3 is 0 Å². The van der Waals surface area contributed by atoms with E-state index in [0.29, 0.717) is 53.6 Å². The molecule has 12 heteroatoms. The van der Waals surface area contributed by atoms with Crippen molar-refractivity contribution < 1.29 is 27.9 Å². The molecule has 0 aliphatic carbocycles. The minimum absolute atomic E-state index is 0.0212. The summed E-state index contributed by atoms with van der Waals surface area (Å²) in [6.45, 7) is 5.07. The molecule has 0 saturated heterocycles. The van der Waals surface area contributed by atoms with Crippen molar-refractivity contribution in [3.63, 3.8) is 0 Å². The van der Waals surface area contributed by atoms with E-state index in [1.165, 1.54) is 12.1 Å². The normalized spacial score (nSPS) is 17.2. The van der Waals surface area contributed by atoms with E-state index in [-0.39, 0.29) is 41.8 Å². The Morgan fingerprint density at radius 1 is 1.04 bits per heavy atom. The first-order valence-corrected chi connectivity index (χ1v) is 17.6. The van der Waals surface area contributed by atoms with Crippen LogP contribution in [0.3, 0.4) is 0 Å². The highest BCUT2D eigenvalue weighted by Crippen LogP contribution is 2.30. The second-order valence-electron chi connectivity index (χ2n) is 12.6. The monoisotopic (exact) mass is 685 g/mol. The van der Waals surface area contributed by atoms with Gasteiger partial charge in [0.05, 0.1) is 35.3 Å². The van der Waals surface area contributed by atoms with Gasteiger partial charge in [0.25, 0.3) is 15.9 Å². The van der Waals surface area contributed by atoms with Gasteiger partial charge in [0.15, 0.2) is 0 Å². The average Bonchev–Trinajstić information content (AvgIpc) is 3.13. The minimum Gasteiger partial charge on any atom is -0.488 e. The lowest BCUT2D eigenvalue weighted by molar-refractivity contribution is -0.134. The topological polar surface area (TPSA) is 154 Å². The van der Waals surface area contributed by atoms with Crippen LogP contribution in [-0.4, -0.2) is 74.0 Å². The van der Waals surface area contributed by atoms with Crippen LogP contribution in [0.25, 0.3) is 0 Å². The summed E-state index contributed by atoms with van der Waals surface area (Å²) in [5.41, 5.74) is 9.37. The smallest absolute Gasteiger partial charge is 0.261 e. The van der Waals surface area contributed by atoms with E-state index in [1.54, 1.807) is 78.6 Å². The lowest BCUT2D eigenvalue weighted by Gasteiger charge is -2.34. The molecule has 0 unspecified atom stereocenters. The van der Waals surface area contributed by atoms with Crippen molar-refractivity contribution in [2.75, 3.05) is 42.5 Å². The molecule has 3 atom stereocenters. The molecule has 5 N–H and O–H groups in total. The number of anilines is 3. The van der Waals surface area contributed by atoms with Crippen LogP contribution >= 0.6 is 0 Å². The highest BCUT2D eigenvalue weighted by atomic mass is 32.2. The number of nitrogens with one attached hydrogen (secondary N) is 2. The van der Waals surface area contributed by atoms with Crippen LogP contribution in [0.5, 0.6) is 5.75 Å². The summed E-state index contributed by atoms with van der Waals surface area (Å²) in [6, 6.07) is 27.1. The number of sulfonamides is 1. The third-order valence-electron chi connectivity index (χ3n) is 8.59. The Morgan fingerprint density at radius 3 is 2.43 bits per heavy atom. The van der Waals surface area contributed by atoms with Crippen LogP contribution in [0.1, 0.15) is 35.3 Å². The van der Waals surface area contributed by atoms with Crippen molar-refractivity contribution in [2.24, 2.45) is 5.92 Å². The molecule has 1 aliphatic heterocycles. The number of nitrogens with two attached hydrogens (primary N) is 1. The molecule has 1 aliphatic rings. The molecular weight excluding hydrogens is 643 g/mol. The summed E-state index contributed by atoms with van der Waals surface area (Å²) < 4.78 is 35.3. The zero-order valence-electron chi connectivity index (χ0n) is 27.9. The van der Waals surface area contributed by atoms with Crippen LogP contribution < -0.4 is 20.5 Å². The van der Waals surface area contributed by atoms with Crippen molar-refractivity contribution in [1.29, 1.82) is 0 Å². The SMILES string of the molecule is C[C@H](CO)N1C[C@H](C)[C@@H](CN(C)Cc2ccc(C(=O)Nc3ccccc3N)cc2)Oc2ccc(NS(=O)(=O)c3ccccc3)cc2CC1=O. The highest BCUT2D eigenvalue weighted by Gasteiger charge is 2.31. The number of benzene rings is 4. The molecular formula is C37H43N5O6S. The van der Waals surface area contributed by atoms with Gasteiger partial charge in [0.2, 0.25) is 5.91 Å². The maximum absolute atomic E-state index is 13.6. The van der Waals surface area contributed by atoms with Gasteiger partial charge in [-0.3, -0.25) is 19.2 Å². The van der Waals surface area contributed by atoms with E-state index in [0.717, 1.165) is 5.56 Å². The van der Waals surface area contributed by atoms with Gasteiger partial charge in [0, 0.05) is 42.4 Å². The molecule has 5 rings (SSSR count). The third-order valence-corrected chi connectivity index (χ3v) is 9.99. The molecule has 0 fully saturated rings. The van der Waals surface area contributed by atoms with Gasteiger partial charge in [-0.1, -0.05) is 49.4 Å². The van der Waals surface area contributed by atoms with E-state index in [1.807, 2.05) is 32.2 Å². The maximum atomic E-state index is 13.6. The van der Waals surface area contributed by atoms with E-state index in [4.69, 9.17) is 10.5 Å². The fraction of sp³-hybridized carbons (Fsp3) is 0.297. The molecule has 258 valence electrons. The highest BCUT2D eigenvalue weighted by molar-refractivity contribution is 7.92. The van der Waals surface area contributed by atoms with Crippen LogP contribution in [0.15, 0.2) is 102 Å². The number of hydrogen-bond donors (Lipinski definition) is 4. The lowest BCUT2D eigenvalue weighted by atomic mass is 10.0. The van der Waals surface area contributed by atoms with Crippen molar-refractivity contribution in [3.05, 3.63) is 114 Å². The lowest BCUT2D eigenvalue weighted by Crippen LogP contribution is -2.47. The van der Waals surface area contributed by atoms with E-state index in [2.05, 4.69) is 14.9 Å². The van der Waals surface area contributed by atoms with Gasteiger partial charge < -0.3 is 25.8 Å². The van der Waals surface area contributed by atoms with Gasteiger partial charge in [-0.2, -0.15) is 0 Å². The summed E-state index contributed by atoms with van der Waals surface area (Å²) >= 11 is 0. The first-order chi connectivity index (χ1) is 23.4. The molecule has 49 heavy (non-hydrogen) atoms. The summed E-state index contributed by atoms with van der Waals surface area (Å²) in [7, 11) is -1.87. The number of nitrogens with zero attached hydrogens (tertiary/aromatic N) is 2. The Hall–Kier alpha value is -4.91. The number of nitrogen functional groups attached to an aromatic ring is 1. The van der Waals surface area contributed by atoms with Crippen LogP contribution in [0, 0.1) is 5.92 Å². The first kappa shape index (κ1) is 35.4. The number of carbonyl (C=O) groups is 2. The van der Waals surface area contributed by atoms with Crippen LogP contribution in [0.2, 0.25) is 0 Å². The number of likely N-dealkylation sites (N-methyl/N-ethyl adjacent to an activating group) is 1. The Morgan fingerprint density at radius 2 is 1.73 bits per heavy atom. The number of hydrogen-bond acceptors (Lipinski definition) is 8. The largest absolute Gasteiger partial charge is 0.488 e. The number of carbonyl (C=O) groups excluding carboxylic acids is 2. The van der Waals surface area contributed by atoms with Crippen LogP contribution in [0.4, 0.5) is 17.1 Å². The minimum atomic E-state index is -3.85. The molecule has 4 aromatic rings. The zero-order chi connectivity index (χ0) is 35.1. The molecule has 0 radical (unpaired) electrons. The second-order valence-corrected chi connectivity index (χ2v) is 14.2. The van der Waals surface area contributed by atoms with Gasteiger partial charge in [-0.05, 0) is 74.1 Å². The van der Waals surface area contributed by atoms with E-state index in [9.17, 15) is 23.1 Å². The number of aliphatic hydroxyl groups excluding tert-OH is 1. The molecule has 2 amide bonds. The van der Waals surface area contributed by atoms with Gasteiger partial charge in [0.1, 0.15) is 11.9 Å². The standard InChI is InChI=1S/C37H43N5O6S/c1-25-21-42(26(2)24-43)36(44)20-29-19-30(40-49(46,47)31-9-5-4-6-10-31)17-18-34(29)48-35(25)23-41(3)22-27-13-15-28(16-14-27)37(45)39-33-12-8-7-11-32(33)38/h4-19,25-26,35,40,43H,20-24,38H2,1-3H3,(H,39,45)/t25-,26+,35+/m0/s1. The number of aliphatic hydroxyl groups is 1. The second kappa shape index (κ2) is 15.5. The summed E-state index contributed by atoms with van der Waals surface area (Å²) in [4.78, 5) is 30.3. The summed E-state index contributed by atoms with van der Waals surface area (Å²) in [5, 5.41) is 12.8. The first-order valence-electron chi connectivity index (χ1n) is 16.1. The van der Waals surface area contributed by atoms with Crippen LogP contribution in [-0.2, 0) is 27.8 Å². The Bertz CT molecular complexity index is 1870. The van der Waals surface area contributed by atoms with Crippen molar-refractivity contribution in [2.45, 2.75) is 43.9 Å². The Kier molecular flexibility index (Phi) is 11.2. The number of amides is 2. The molecule has 0 spiro atoms. The molecule has 0 aromatic heterocycles. The van der Waals surface area contributed by atoms with Crippen molar-refractivity contribution in [1.82, 2.24) is 9.80 Å². The third kappa shape index (κ3) is 8.96. The van der Waals surface area contributed by atoms with Gasteiger partial charge in [-0.25, -0.2) is 8.42 Å². The van der Waals surface area contributed by atoms with E-state index >= 15 is 0 Å². The summed E-state index contributed by atoms with van der Waals surface area (Å²) in [6.07, 6.45) is -0.372. The fourth-order valence-corrected chi connectivity index (χ4v) is 6.85. The molecule has 0 bridgehead atoms. The summed E-state index contributed by atoms with van der Waals surface area (Å²) in [5.74, 6) is -0.0563. The quantitative estimate of drug-likeness (QED) is 0.167.